The minimum Gasteiger partial charge on any atom is -0.485 e. The second-order valence-corrected chi connectivity index (χ2v) is 8.90. The molecule has 1 saturated carbocycles. The van der Waals surface area contributed by atoms with Crippen molar-refractivity contribution in [2.45, 2.75) is 32.6 Å². The van der Waals surface area contributed by atoms with Crippen molar-refractivity contribution in [3.8, 4) is 11.5 Å². The Hall–Kier alpha value is -3.06. The molecule has 2 amide bonds. The van der Waals surface area contributed by atoms with Gasteiger partial charge in [-0.05, 0) is 74.1 Å². The zero-order valence-electron chi connectivity index (χ0n) is 18.6. The maximum Gasteiger partial charge on any atom is 0.265 e. The third-order valence-corrected chi connectivity index (χ3v) is 6.22. The second kappa shape index (κ2) is 10.3. The van der Waals surface area contributed by atoms with Gasteiger partial charge in [-0.3, -0.25) is 14.4 Å². The fourth-order valence-corrected chi connectivity index (χ4v) is 3.74. The number of carbonyl (C=O) groups excluding carboxylic acids is 3. The summed E-state index contributed by atoms with van der Waals surface area (Å²) in [5.74, 6) is 1.31. The highest BCUT2D eigenvalue weighted by Crippen LogP contribution is 2.33. The molecule has 1 fully saturated rings. The van der Waals surface area contributed by atoms with Crippen molar-refractivity contribution in [2.24, 2.45) is 5.92 Å². The molecule has 1 aliphatic carbocycles. The van der Waals surface area contributed by atoms with Gasteiger partial charge in [0.2, 0.25) is 5.91 Å². The van der Waals surface area contributed by atoms with Crippen LogP contribution in [0.3, 0.4) is 0 Å². The first kappa shape index (κ1) is 23.1. The summed E-state index contributed by atoms with van der Waals surface area (Å²) in [6.45, 7) is 2.78. The number of fused-ring (bicyclic) bond motifs is 1. The van der Waals surface area contributed by atoms with Crippen LogP contribution in [0.25, 0.3) is 0 Å². The number of carbonyl (C=O) groups is 3. The van der Waals surface area contributed by atoms with Crippen LogP contribution in [0.1, 0.15) is 41.6 Å². The van der Waals surface area contributed by atoms with Crippen molar-refractivity contribution >= 4 is 34.9 Å². The number of Topliss-reactive ketones (excluding diaryl/α,β-unsaturated/α-hetero) is 1. The minimum absolute atomic E-state index is 0.00125. The lowest BCUT2D eigenvalue weighted by Crippen LogP contribution is -2.40. The zero-order valence-corrected chi connectivity index (χ0v) is 19.3. The van der Waals surface area contributed by atoms with Crippen molar-refractivity contribution in [1.82, 2.24) is 5.32 Å². The van der Waals surface area contributed by atoms with E-state index in [2.05, 4.69) is 5.32 Å². The number of rotatable bonds is 10. The smallest absolute Gasteiger partial charge is 0.265 e. The molecule has 0 aromatic heterocycles. The molecule has 1 aliphatic heterocycles. The molecule has 2 aromatic carbocycles. The standard InChI is InChI=1S/C25H27ClN2O5/c1-16-11-19(7-8-20(16)26)32-14-22(29)18-6-9-23-21(12-18)28(25(31)15-33-23)10-2-3-24(30)27-13-17-4-5-17/h6-9,11-12,17H,2-5,10,13-15H2,1H3,(H,27,30). The van der Waals surface area contributed by atoms with Crippen molar-refractivity contribution < 1.29 is 23.9 Å². The molecule has 0 saturated heterocycles. The van der Waals surface area contributed by atoms with E-state index in [1.54, 1.807) is 41.3 Å². The van der Waals surface area contributed by atoms with Gasteiger partial charge in [-0.25, -0.2) is 0 Å². The van der Waals surface area contributed by atoms with Crippen LogP contribution in [-0.2, 0) is 9.59 Å². The van der Waals surface area contributed by atoms with Gasteiger partial charge in [0.05, 0.1) is 5.69 Å². The van der Waals surface area contributed by atoms with E-state index < -0.39 is 0 Å². The maximum absolute atomic E-state index is 12.7. The fourth-order valence-electron chi connectivity index (χ4n) is 3.63. The number of anilines is 1. The van der Waals surface area contributed by atoms with E-state index in [0.717, 1.165) is 12.1 Å². The quantitative estimate of drug-likeness (QED) is 0.531. The summed E-state index contributed by atoms with van der Waals surface area (Å²) in [7, 11) is 0. The van der Waals surface area contributed by atoms with Gasteiger partial charge in [0.1, 0.15) is 11.5 Å². The summed E-state index contributed by atoms with van der Waals surface area (Å²) < 4.78 is 11.1. The minimum atomic E-state index is -0.220. The number of amides is 2. The molecule has 33 heavy (non-hydrogen) atoms. The third-order valence-electron chi connectivity index (χ3n) is 5.79. The van der Waals surface area contributed by atoms with Gasteiger partial charge in [-0.15, -0.1) is 0 Å². The normalized spacial score (nSPS) is 15.0. The molecule has 0 spiro atoms. The van der Waals surface area contributed by atoms with Crippen molar-refractivity contribution in [2.75, 3.05) is 31.2 Å². The van der Waals surface area contributed by atoms with Gasteiger partial charge in [-0.1, -0.05) is 11.6 Å². The highest BCUT2D eigenvalue weighted by atomic mass is 35.5. The molecular formula is C25H27ClN2O5. The number of aryl methyl sites for hydroxylation is 1. The number of nitrogens with zero attached hydrogens (tertiary/aromatic N) is 1. The molecule has 4 rings (SSSR count). The number of hydrogen-bond acceptors (Lipinski definition) is 5. The Morgan fingerprint density at radius 3 is 2.79 bits per heavy atom. The fraction of sp³-hybridized carbons (Fsp3) is 0.400. The Balaban J connectivity index is 1.37. The summed E-state index contributed by atoms with van der Waals surface area (Å²) >= 11 is 6.03. The van der Waals surface area contributed by atoms with Gasteiger partial charge in [-0.2, -0.15) is 0 Å². The van der Waals surface area contributed by atoms with Crippen molar-refractivity contribution in [1.29, 1.82) is 0 Å². The molecular weight excluding hydrogens is 444 g/mol. The average molecular weight is 471 g/mol. The number of benzene rings is 2. The van der Waals surface area contributed by atoms with Gasteiger partial charge in [0.25, 0.3) is 5.91 Å². The Kier molecular flexibility index (Phi) is 7.18. The molecule has 174 valence electrons. The van der Waals surface area contributed by atoms with Gasteiger partial charge in [0, 0.05) is 30.1 Å². The SMILES string of the molecule is Cc1cc(OCC(=O)c2ccc3c(c2)N(CCCC(=O)NCC2CC2)C(=O)CO3)ccc1Cl. The van der Waals surface area contributed by atoms with E-state index in [1.165, 1.54) is 12.8 Å². The van der Waals surface area contributed by atoms with Crippen LogP contribution in [0.15, 0.2) is 36.4 Å². The Labute approximate surface area is 198 Å². The molecule has 2 aliphatic rings. The molecule has 0 unspecified atom stereocenters. The lowest BCUT2D eigenvalue weighted by molar-refractivity contribution is -0.122. The highest BCUT2D eigenvalue weighted by molar-refractivity contribution is 6.31. The lowest BCUT2D eigenvalue weighted by Gasteiger charge is -2.29. The predicted molar refractivity (Wildman–Crippen MR) is 125 cm³/mol. The van der Waals surface area contributed by atoms with Crippen LogP contribution in [0, 0.1) is 12.8 Å². The largest absolute Gasteiger partial charge is 0.485 e. The van der Waals surface area contributed by atoms with E-state index in [9.17, 15) is 14.4 Å². The molecule has 0 radical (unpaired) electrons. The summed E-state index contributed by atoms with van der Waals surface area (Å²) in [6.07, 6.45) is 3.24. The maximum atomic E-state index is 12.7. The van der Waals surface area contributed by atoms with Gasteiger partial charge in [0.15, 0.2) is 19.0 Å². The van der Waals surface area contributed by atoms with Crippen LogP contribution in [-0.4, -0.2) is 43.9 Å². The first-order valence-electron chi connectivity index (χ1n) is 11.2. The number of ketones is 1. The van der Waals surface area contributed by atoms with E-state index in [0.29, 0.717) is 53.1 Å². The number of nitrogens with one attached hydrogen (secondary N) is 1. The summed E-state index contributed by atoms with van der Waals surface area (Å²) in [5.41, 5.74) is 1.82. The van der Waals surface area contributed by atoms with Crippen LogP contribution < -0.4 is 19.7 Å². The van der Waals surface area contributed by atoms with Crippen molar-refractivity contribution in [3.05, 3.63) is 52.5 Å². The van der Waals surface area contributed by atoms with Crippen LogP contribution in [0.5, 0.6) is 11.5 Å². The molecule has 7 nitrogen and oxygen atoms in total. The van der Waals surface area contributed by atoms with Crippen LogP contribution in [0.4, 0.5) is 5.69 Å². The monoisotopic (exact) mass is 470 g/mol. The first-order chi connectivity index (χ1) is 15.9. The number of ether oxygens (including phenoxy) is 2. The van der Waals surface area contributed by atoms with Gasteiger partial charge < -0.3 is 19.7 Å². The number of halogens is 1. The number of hydrogen-bond donors (Lipinski definition) is 1. The van der Waals surface area contributed by atoms with Crippen molar-refractivity contribution in [3.63, 3.8) is 0 Å². The predicted octanol–water partition coefficient (Wildman–Crippen LogP) is 3.94. The Morgan fingerprint density at radius 1 is 1.21 bits per heavy atom. The molecule has 8 heteroatoms. The van der Waals surface area contributed by atoms with E-state index in [-0.39, 0.29) is 30.8 Å². The van der Waals surface area contributed by atoms with Crippen LogP contribution in [0.2, 0.25) is 5.02 Å². The first-order valence-corrected chi connectivity index (χ1v) is 11.5. The van der Waals surface area contributed by atoms with Crippen LogP contribution >= 0.6 is 11.6 Å². The lowest BCUT2D eigenvalue weighted by atomic mass is 10.1. The topological polar surface area (TPSA) is 84.9 Å². The molecule has 2 aromatic rings. The molecule has 1 heterocycles. The molecule has 0 atom stereocenters. The van der Waals surface area contributed by atoms with Gasteiger partial charge >= 0.3 is 0 Å². The highest BCUT2D eigenvalue weighted by Gasteiger charge is 2.27. The summed E-state index contributed by atoms with van der Waals surface area (Å²) in [4.78, 5) is 38.8. The third kappa shape index (κ3) is 6.05. The second-order valence-electron chi connectivity index (χ2n) is 8.49. The average Bonchev–Trinajstić information content (AvgIpc) is 3.64. The molecule has 1 N–H and O–H groups in total. The van der Waals surface area contributed by atoms with E-state index in [4.69, 9.17) is 21.1 Å². The summed E-state index contributed by atoms with van der Waals surface area (Å²) in [5, 5.41) is 3.57. The van der Waals surface area contributed by atoms with E-state index in [1.807, 2.05) is 6.92 Å². The zero-order chi connectivity index (χ0) is 23.4. The molecule has 0 bridgehead atoms. The van der Waals surface area contributed by atoms with E-state index >= 15 is 0 Å². The Bertz CT molecular complexity index is 1070. The Morgan fingerprint density at radius 2 is 2.03 bits per heavy atom. The summed E-state index contributed by atoms with van der Waals surface area (Å²) in [6, 6.07) is 10.2.